The Balaban J connectivity index is 1.05. The lowest BCUT2D eigenvalue weighted by atomic mass is 10.1. The fraction of sp³-hybridized carbons (Fsp3) is 0.600. The Morgan fingerprint density at radius 3 is 1.17 bits per heavy atom. The van der Waals surface area contributed by atoms with Gasteiger partial charge in [-0.1, -0.05) is 129 Å². The zero-order chi connectivity index (χ0) is 31.8. The van der Waals surface area contributed by atoms with Crippen LogP contribution in [0.15, 0.2) is 45.2 Å². The second kappa shape index (κ2) is 19.4. The van der Waals surface area contributed by atoms with Crippen LogP contribution < -0.4 is 0 Å². The average Bonchev–Trinajstić information content (AvgIpc) is 3.87. The summed E-state index contributed by atoms with van der Waals surface area (Å²) in [6.07, 6.45) is 29.7. The molecule has 0 radical (unpaired) electrons. The lowest BCUT2D eigenvalue weighted by Crippen LogP contribution is -1.84. The normalized spacial score (nSPS) is 11.9. The van der Waals surface area contributed by atoms with Gasteiger partial charge in [0.2, 0.25) is 11.8 Å². The van der Waals surface area contributed by atoms with Crippen molar-refractivity contribution in [3.8, 4) is 21.5 Å². The van der Waals surface area contributed by atoms with E-state index < -0.39 is 0 Å². The number of unbranched alkanes of at least 4 members (excludes halogenated alkanes) is 18. The Morgan fingerprint density at radius 2 is 0.804 bits per heavy atom. The van der Waals surface area contributed by atoms with Crippen LogP contribution in [0, 0.1) is 0 Å². The maximum atomic E-state index is 6.22. The molecule has 4 nitrogen and oxygen atoms in total. The molecule has 1 aromatic carbocycles. The van der Waals surface area contributed by atoms with Crippen LogP contribution >= 0.6 is 22.7 Å². The molecule has 0 fully saturated rings. The van der Waals surface area contributed by atoms with Gasteiger partial charge in [0.05, 0.1) is 9.75 Å². The highest BCUT2D eigenvalue weighted by molar-refractivity contribution is 7.15. The third-order valence-electron chi connectivity index (χ3n) is 9.20. The number of nitrogens with zero attached hydrogens (tertiary/aromatic N) is 2. The van der Waals surface area contributed by atoms with E-state index in [1.54, 1.807) is 0 Å². The van der Waals surface area contributed by atoms with Crippen molar-refractivity contribution in [1.29, 1.82) is 0 Å². The summed E-state index contributed by atoms with van der Waals surface area (Å²) in [4.78, 5) is 14.7. The number of rotatable bonds is 24. The third-order valence-corrected chi connectivity index (χ3v) is 11.5. The van der Waals surface area contributed by atoms with Gasteiger partial charge in [0, 0.05) is 21.9 Å². The van der Waals surface area contributed by atoms with E-state index in [1.165, 1.54) is 138 Å². The van der Waals surface area contributed by atoms with E-state index >= 15 is 0 Å². The quantitative estimate of drug-likeness (QED) is 0.0618. The van der Waals surface area contributed by atoms with Gasteiger partial charge in [-0.3, -0.25) is 0 Å². The molecule has 4 heterocycles. The standard InChI is InChI=1S/C40H56N2O2S2/c1-3-5-7-9-11-13-15-17-19-21-23-31-25-27-37(45-31)39-41-33-29-36-34(30-35(33)43-39)42-40(44-36)38-28-26-32(46-38)24-22-20-18-16-14-12-10-8-6-4-2/h25-30H,3-24H2,1-2H3. The van der Waals surface area contributed by atoms with Crippen LogP contribution in [0.25, 0.3) is 43.7 Å². The molecule has 0 N–H and O–H groups in total. The zero-order valence-electron chi connectivity index (χ0n) is 28.5. The molecule has 0 atom stereocenters. The van der Waals surface area contributed by atoms with Gasteiger partial charge in [-0.25, -0.2) is 9.97 Å². The first kappa shape index (κ1) is 34.9. The first-order valence-electron chi connectivity index (χ1n) is 18.6. The van der Waals surface area contributed by atoms with Crippen molar-refractivity contribution in [3.63, 3.8) is 0 Å². The van der Waals surface area contributed by atoms with E-state index in [0.29, 0.717) is 11.8 Å². The molecule has 46 heavy (non-hydrogen) atoms. The molecule has 5 aromatic rings. The molecule has 0 saturated carbocycles. The molecule has 0 spiro atoms. The number of benzene rings is 1. The molecule has 6 heteroatoms. The second-order valence-corrected chi connectivity index (χ2v) is 15.6. The minimum Gasteiger partial charge on any atom is -0.435 e. The van der Waals surface area contributed by atoms with Gasteiger partial charge >= 0.3 is 0 Å². The Labute approximate surface area is 285 Å². The van der Waals surface area contributed by atoms with Gasteiger partial charge < -0.3 is 8.83 Å². The molecule has 5 rings (SSSR count). The van der Waals surface area contributed by atoms with Gasteiger partial charge in [0.15, 0.2) is 11.2 Å². The lowest BCUT2D eigenvalue weighted by Gasteiger charge is -2.01. The highest BCUT2D eigenvalue weighted by Crippen LogP contribution is 2.35. The largest absolute Gasteiger partial charge is 0.435 e. The molecule has 0 aliphatic rings. The molecule has 0 amide bonds. The van der Waals surface area contributed by atoms with Gasteiger partial charge in [0.1, 0.15) is 11.0 Å². The predicted molar refractivity (Wildman–Crippen MR) is 199 cm³/mol. The molecular weight excluding hydrogens is 605 g/mol. The van der Waals surface area contributed by atoms with Gasteiger partial charge in [-0.2, -0.15) is 0 Å². The SMILES string of the molecule is CCCCCCCCCCCCc1ccc(-c2nc3cc4oc(-c5ccc(CCCCCCCCCCCC)s5)nc4cc3o2)s1. The Hall–Kier alpha value is -2.44. The van der Waals surface area contributed by atoms with Crippen LogP contribution in [0.3, 0.4) is 0 Å². The van der Waals surface area contributed by atoms with E-state index in [2.05, 4.69) is 38.1 Å². The molecule has 0 saturated heterocycles. The van der Waals surface area contributed by atoms with E-state index in [0.717, 1.165) is 44.8 Å². The molecule has 250 valence electrons. The van der Waals surface area contributed by atoms with Crippen molar-refractivity contribution in [1.82, 2.24) is 9.97 Å². The van der Waals surface area contributed by atoms with Crippen LogP contribution in [-0.2, 0) is 12.8 Å². The minimum atomic E-state index is 0.692. The Kier molecular flexibility index (Phi) is 14.7. The fourth-order valence-electron chi connectivity index (χ4n) is 6.39. The highest BCUT2D eigenvalue weighted by Gasteiger charge is 2.16. The summed E-state index contributed by atoms with van der Waals surface area (Å²) in [5.41, 5.74) is 3.17. The monoisotopic (exact) mass is 660 g/mol. The van der Waals surface area contributed by atoms with E-state index in [-0.39, 0.29) is 0 Å². The lowest BCUT2D eigenvalue weighted by molar-refractivity contribution is 0.557. The number of thiophene rings is 2. The van der Waals surface area contributed by atoms with E-state index in [9.17, 15) is 0 Å². The van der Waals surface area contributed by atoms with Crippen LogP contribution in [-0.4, -0.2) is 9.97 Å². The Morgan fingerprint density at radius 1 is 0.457 bits per heavy atom. The summed E-state index contributed by atoms with van der Waals surface area (Å²) >= 11 is 3.62. The average molecular weight is 661 g/mol. The molecule has 4 aromatic heterocycles. The maximum absolute atomic E-state index is 6.22. The van der Waals surface area contributed by atoms with Crippen molar-refractivity contribution in [2.75, 3.05) is 0 Å². The number of aryl methyl sites for hydroxylation is 2. The molecule has 0 aliphatic heterocycles. The summed E-state index contributed by atoms with van der Waals surface area (Å²) in [5, 5.41) is 0. The zero-order valence-corrected chi connectivity index (χ0v) is 30.2. The van der Waals surface area contributed by atoms with Crippen LogP contribution in [0.4, 0.5) is 0 Å². The van der Waals surface area contributed by atoms with Crippen molar-refractivity contribution in [2.24, 2.45) is 0 Å². The van der Waals surface area contributed by atoms with Gasteiger partial charge in [0.25, 0.3) is 0 Å². The van der Waals surface area contributed by atoms with Gasteiger partial charge in [-0.05, 0) is 49.9 Å². The first-order valence-corrected chi connectivity index (χ1v) is 20.3. The smallest absolute Gasteiger partial charge is 0.237 e. The number of aromatic nitrogens is 2. The second-order valence-electron chi connectivity index (χ2n) is 13.2. The summed E-state index contributed by atoms with van der Waals surface area (Å²) in [5.74, 6) is 1.38. The minimum absolute atomic E-state index is 0.692. The topological polar surface area (TPSA) is 52.1 Å². The highest BCUT2D eigenvalue weighted by atomic mass is 32.1. The maximum Gasteiger partial charge on any atom is 0.237 e. The molecule has 0 aliphatic carbocycles. The summed E-state index contributed by atoms with van der Waals surface area (Å²) in [6, 6.07) is 12.8. The van der Waals surface area contributed by atoms with Gasteiger partial charge in [-0.15, -0.1) is 22.7 Å². The van der Waals surface area contributed by atoms with Crippen LogP contribution in [0.2, 0.25) is 0 Å². The number of hydrogen-bond acceptors (Lipinski definition) is 6. The van der Waals surface area contributed by atoms with Crippen molar-refractivity contribution in [2.45, 2.75) is 155 Å². The molecular formula is C40H56N2O2S2. The van der Waals surface area contributed by atoms with Crippen molar-refractivity contribution in [3.05, 3.63) is 46.2 Å². The van der Waals surface area contributed by atoms with Crippen molar-refractivity contribution < 1.29 is 8.83 Å². The summed E-state index contributed by atoms with van der Waals surface area (Å²) in [7, 11) is 0. The number of oxazole rings is 2. The molecule has 0 bridgehead atoms. The van der Waals surface area contributed by atoms with E-state index in [4.69, 9.17) is 18.8 Å². The Bertz CT molecular complexity index is 1390. The molecule has 0 unspecified atom stereocenters. The first-order chi connectivity index (χ1) is 22.7. The number of hydrogen-bond donors (Lipinski definition) is 0. The van der Waals surface area contributed by atoms with Crippen LogP contribution in [0.5, 0.6) is 0 Å². The number of fused-ring (bicyclic) bond motifs is 2. The van der Waals surface area contributed by atoms with E-state index in [1.807, 2.05) is 34.8 Å². The van der Waals surface area contributed by atoms with Crippen LogP contribution in [0.1, 0.15) is 152 Å². The third kappa shape index (κ3) is 10.8. The van der Waals surface area contributed by atoms with Crippen molar-refractivity contribution >= 4 is 44.9 Å². The summed E-state index contributed by atoms with van der Waals surface area (Å²) in [6.45, 7) is 4.57. The fourth-order valence-corrected chi connectivity index (χ4v) is 8.34. The summed E-state index contributed by atoms with van der Waals surface area (Å²) < 4.78 is 12.4. The predicted octanol–water partition coefficient (Wildman–Crippen LogP) is 14.4.